The van der Waals surface area contributed by atoms with Crippen LogP contribution in [0.25, 0.3) is 6.08 Å². The molecule has 2 aromatic rings. The van der Waals surface area contributed by atoms with Crippen LogP contribution in [0.15, 0.2) is 54.6 Å². The van der Waals surface area contributed by atoms with Crippen molar-refractivity contribution in [2.45, 2.75) is 32.2 Å². The Balaban J connectivity index is 1.79. The number of ether oxygens (including phenoxy) is 1. The summed E-state index contributed by atoms with van der Waals surface area (Å²) in [5, 5.41) is 2.91. The number of hydrogen-bond acceptors (Lipinski definition) is 3. The van der Waals surface area contributed by atoms with Gasteiger partial charge in [0.1, 0.15) is 5.54 Å². The van der Waals surface area contributed by atoms with E-state index in [1.165, 1.54) is 6.08 Å². The first-order valence-corrected chi connectivity index (χ1v) is 8.83. The molecular formula is C22H23NO3. The van der Waals surface area contributed by atoms with E-state index < -0.39 is 5.54 Å². The Bertz CT molecular complexity index is 829. The second kappa shape index (κ2) is 7.56. The van der Waals surface area contributed by atoms with Crippen LogP contribution < -0.4 is 5.32 Å². The third kappa shape index (κ3) is 3.85. The van der Waals surface area contributed by atoms with Gasteiger partial charge in [-0.1, -0.05) is 54.1 Å². The maximum Gasteiger partial charge on any atom is 0.332 e. The van der Waals surface area contributed by atoms with E-state index in [-0.39, 0.29) is 18.5 Å². The highest BCUT2D eigenvalue weighted by Crippen LogP contribution is 2.31. The Kier molecular flexibility index (Phi) is 5.21. The monoisotopic (exact) mass is 349 g/mol. The molecule has 1 N–H and O–H groups in total. The zero-order valence-corrected chi connectivity index (χ0v) is 15.1. The third-order valence-corrected chi connectivity index (χ3v) is 4.60. The summed E-state index contributed by atoms with van der Waals surface area (Å²) in [5.41, 5.74) is 3.18. The molecule has 0 saturated heterocycles. The Labute approximate surface area is 153 Å². The zero-order valence-electron chi connectivity index (χ0n) is 15.1. The lowest BCUT2D eigenvalue weighted by Crippen LogP contribution is -2.55. The fourth-order valence-corrected chi connectivity index (χ4v) is 3.39. The van der Waals surface area contributed by atoms with Gasteiger partial charge in [-0.2, -0.15) is 0 Å². The van der Waals surface area contributed by atoms with Crippen LogP contribution in [0.5, 0.6) is 0 Å². The van der Waals surface area contributed by atoms with Gasteiger partial charge in [0.2, 0.25) is 5.91 Å². The van der Waals surface area contributed by atoms with Crippen LogP contribution in [0, 0.1) is 6.92 Å². The first kappa shape index (κ1) is 17.9. The van der Waals surface area contributed by atoms with Gasteiger partial charge >= 0.3 is 5.97 Å². The summed E-state index contributed by atoms with van der Waals surface area (Å²) >= 11 is 0. The molecule has 0 aromatic heterocycles. The van der Waals surface area contributed by atoms with Crippen molar-refractivity contribution in [1.29, 1.82) is 0 Å². The lowest BCUT2D eigenvalue weighted by Gasteiger charge is -2.27. The molecule has 0 atom stereocenters. The minimum absolute atomic E-state index is 0.284. The van der Waals surface area contributed by atoms with Gasteiger partial charge < -0.3 is 10.1 Å². The third-order valence-electron chi connectivity index (χ3n) is 4.60. The van der Waals surface area contributed by atoms with Crippen LogP contribution in [0.2, 0.25) is 0 Å². The molecule has 0 bridgehead atoms. The number of carbonyl (C=O) groups excluding carboxylic acids is 2. The molecule has 1 amide bonds. The average Bonchev–Trinajstić information content (AvgIpc) is 2.99. The molecule has 134 valence electrons. The number of fused-ring (bicyclic) bond motifs is 1. The number of nitrogens with one attached hydrogen (secondary N) is 1. The standard InChI is InChI=1S/C22H23NO3/c1-3-26-21(25)22(14-18-9-4-5-10-19(18)15-22)23-20(24)12-11-17-8-6-7-16(2)13-17/h4-13H,3,14-15H2,1-2H3,(H,23,24). The topological polar surface area (TPSA) is 55.4 Å². The normalized spacial score (nSPS) is 14.8. The van der Waals surface area contributed by atoms with Crippen molar-refractivity contribution in [3.05, 3.63) is 76.9 Å². The predicted octanol–water partition coefficient (Wildman–Crippen LogP) is 3.23. The highest BCUT2D eigenvalue weighted by molar-refractivity contribution is 5.97. The van der Waals surface area contributed by atoms with Gasteiger partial charge in [-0.3, -0.25) is 4.79 Å². The highest BCUT2D eigenvalue weighted by atomic mass is 16.5. The van der Waals surface area contributed by atoms with Crippen molar-refractivity contribution in [3.63, 3.8) is 0 Å². The molecule has 1 aliphatic rings. The summed E-state index contributed by atoms with van der Waals surface area (Å²) in [7, 11) is 0. The number of aryl methyl sites for hydroxylation is 1. The van der Waals surface area contributed by atoms with Crippen LogP contribution in [0.1, 0.15) is 29.2 Å². The number of benzene rings is 2. The van der Waals surface area contributed by atoms with E-state index in [0.717, 1.165) is 22.3 Å². The first-order valence-electron chi connectivity index (χ1n) is 8.83. The van der Waals surface area contributed by atoms with Crippen molar-refractivity contribution in [2.75, 3.05) is 6.61 Å². The average molecular weight is 349 g/mol. The summed E-state index contributed by atoms with van der Waals surface area (Å²) in [4.78, 5) is 25.1. The molecule has 0 unspecified atom stereocenters. The number of carbonyl (C=O) groups is 2. The van der Waals surface area contributed by atoms with Crippen LogP contribution >= 0.6 is 0 Å². The van der Waals surface area contributed by atoms with E-state index in [1.54, 1.807) is 13.0 Å². The fraction of sp³-hybridized carbons (Fsp3) is 0.273. The largest absolute Gasteiger partial charge is 0.464 e. The number of rotatable bonds is 5. The van der Waals surface area contributed by atoms with Crippen LogP contribution in [0.3, 0.4) is 0 Å². The molecule has 0 aliphatic heterocycles. The van der Waals surface area contributed by atoms with E-state index in [9.17, 15) is 9.59 Å². The summed E-state index contributed by atoms with van der Waals surface area (Å²) < 4.78 is 5.26. The highest BCUT2D eigenvalue weighted by Gasteiger charge is 2.46. The van der Waals surface area contributed by atoms with E-state index in [2.05, 4.69) is 5.32 Å². The van der Waals surface area contributed by atoms with Gasteiger partial charge in [-0.25, -0.2) is 4.79 Å². The molecule has 0 radical (unpaired) electrons. The van der Waals surface area contributed by atoms with Crippen LogP contribution in [0.4, 0.5) is 0 Å². The molecule has 1 aliphatic carbocycles. The zero-order chi connectivity index (χ0) is 18.6. The van der Waals surface area contributed by atoms with Crippen LogP contribution in [-0.4, -0.2) is 24.0 Å². The first-order chi connectivity index (χ1) is 12.5. The molecule has 4 nitrogen and oxygen atoms in total. The quantitative estimate of drug-likeness (QED) is 0.666. The second-order valence-corrected chi connectivity index (χ2v) is 6.66. The predicted molar refractivity (Wildman–Crippen MR) is 102 cm³/mol. The minimum atomic E-state index is -1.03. The lowest BCUT2D eigenvalue weighted by atomic mass is 9.95. The lowest BCUT2D eigenvalue weighted by molar-refractivity contribution is -0.152. The maximum atomic E-state index is 12.6. The van der Waals surface area contributed by atoms with E-state index in [0.29, 0.717) is 12.8 Å². The van der Waals surface area contributed by atoms with Gasteiger partial charge in [-0.15, -0.1) is 0 Å². The van der Waals surface area contributed by atoms with Crippen molar-refractivity contribution >= 4 is 18.0 Å². The van der Waals surface area contributed by atoms with Gasteiger partial charge in [0.15, 0.2) is 0 Å². The van der Waals surface area contributed by atoms with Gasteiger partial charge in [0.05, 0.1) is 6.61 Å². The van der Waals surface area contributed by atoms with Crippen molar-refractivity contribution in [2.24, 2.45) is 0 Å². The molecule has 0 saturated carbocycles. The fourth-order valence-electron chi connectivity index (χ4n) is 3.39. The van der Waals surface area contributed by atoms with Crippen molar-refractivity contribution in [3.8, 4) is 0 Å². The van der Waals surface area contributed by atoms with Gasteiger partial charge in [-0.05, 0) is 36.6 Å². The summed E-state index contributed by atoms with van der Waals surface area (Å²) in [6.07, 6.45) is 4.13. The molecule has 0 fully saturated rings. The van der Waals surface area contributed by atoms with E-state index in [4.69, 9.17) is 4.74 Å². The second-order valence-electron chi connectivity index (χ2n) is 6.66. The molecule has 0 spiro atoms. The van der Waals surface area contributed by atoms with Crippen molar-refractivity contribution in [1.82, 2.24) is 5.32 Å². The smallest absolute Gasteiger partial charge is 0.332 e. The SMILES string of the molecule is CCOC(=O)C1(NC(=O)C=Cc2cccc(C)c2)Cc2ccccc2C1. The summed E-state index contributed by atoms with van der Waals surface area (Å²) in [6.45, 7) is 4.06. The van der Waals surface area contributed by atoms with Gasteiger partial charge in [0, 0.05) is 18.9 Å². The molecule has 2 aromatic carbocycles. The maximum absolute atomic E-state index is 12.6. The van der Waals surface area contributed by atoms with E-state index >= 15 is 0 Å². The van der Waals surface area contributed by atoms with Crippen LogP contribution in [-0.2, 0) is 27.2 Å². The molecule has 0 heterocycles. The van der Waals surface area contributed by atoms with Crippen molar-refractivity contribution < 1.29 is 14.3 Å². The number of hydrogen-bond donors (Lipinski definition) is 1. The Morgan fingerprint density at radius 1 is 1.12 bits per heavy atom. The summed E-state index contributed by atoms with van der Waals surface area (Å²) in [6, 6.07) is 15.7. The Hall–Kier alpha value is -2.88. The molecule has 3 rings (SSSR count). The molecule has 4 heteroatoms. The Morgan fingerprint density at radius 2 is 1.81 bits per heavy atom. The summed E-state index contributed by atoms with van der Waals surface area (Å²) in [5.74, 6) is -0.680. The van der Waals surface area contributed by atoms with Gasteiger partial charge in [0.25, 0.3) is 0 Å². The van der Waals surface area contributed by atoms with E-state index in [1.807, 2.05) is 55.5 Å². The molecule has 26 heavy (non-hydrogen) atoms. The number of amides is 1. The number of esters is 1. The Morgan fingerprint density at radius 3 is 2.42 bits per heavy atom. The minimum Gasteiger partial charge on any atom is -0.464 e. The molecular weight excluding hydrogens is 326 g/mol.